The largest absolute Gasteiger partial charge is 0.310 e. The van der Waals surface area contributed by atoms with E-state index in [0.29, 0.717) is 11.0 Å². The Labute approximate surface area is 149 Å². The second kappa shape index (κ2) is 7.47. The Kier molecular flexibility index (Phi) is 5.13. The number of hydrogen-bond acceptors (Lipinski definition) is 6. The molecule has 0 aliphatic heterocycles. The van der Waals surface area contributed by atoms with Crippen molar-refractivity contribution in [1.82, 2.24) is 30.0 Å². The number of carbonyl (C=O) groups is 1. The lowest BCUT2D eigenvalue weighted by molar-refractivity contribution is -0.113. The third-order valence-corrected chi connectivity index (χ3v) is 4.40. The molecule has 0 fully saturated rings. The first-order valence-corrected chi connectivity index (χ1v) is 8.84. The molecule has 0 spiro atoms. The van der Waals surface area contributed by atoms with E-state index in [2.05, 4.69) is 25.9 Å². The molecule has 0 unspecified atom stereocenters. The van der Waals surface area contributed by atoms with Gasteiger partial charge in [-0.3, -0.25) is 4.79 Å². The number of carbonyl (C=O) groups excluding carboxylic acids is 1. The summed E-state index contributed by atoms with van der Waals surface area (Å²) >= 11 is 1.28. The van der Waals surface area contributed by atoms with Crippen LogP contribution in [0.25, 0.3) is 5.69 Å². The predicted octanol–water partition coefficient (Wildman–Crippen LogP) is 2.48. The number of aryl methyl sites for hydroxylation is 1. The van der Waals surface area contributed by atoms with Gasteiger partial charge in [-0.2, -0.15) is 9.78 Å². The highest BCUT2D eigenvalue weighted by atomic mass is 32.2. The van der Waals surface area contributed by atoms with Gasteiger partial charge in [0.1, 0.15) is 5.82 Å². The average Bonchev–Trinajstić information content (AvgIpc) is 3.22. The van der Waals surface area contributed by atoms with Crippen molar-refractivity contribution >= 4 is 23.5 Å². The molecule has 1 aromatic carbocycles. The molecule has 0 aliphatic carbocycles. The Balaban J connectivity index is 1.64. The highest BCUT2D eigenvalue weighted by Crippen LogP contribution is 2.19. The topological polar surface area (TPSA) is 90.5 Å². The monoisotopic (exact) mass is 357 g/mol. The van der Waals surface area contributed by atoms with Crippen molar-refractivity contribution < 1.29 is 4.79 Å². The van der Waals surface area contributed by atoms with Gasteiger partial charge in [0.25, 0.3) is 0 Å². The minimum atomic E-state index is -0.133. The van der Waals surface area contributed by atoms with Crippen LogP contribution >= 0.6 is 11.8 Å². The molecule has 9 heteroatoms. The van der Waals surface area contributed by atoms with E-state index >= 15 is 0 Å². The van der Waals surface area contributed by atoms with Crippen LogP contribution < -0.4 is 5.32 Å². The molecule has 130 valence electrons. The summed E-state index contributed by atoms with van der Waals surface area (Å²) in [6.45, 7) is 6.03. The van der Waals surface area contributed by atoms with E-state index in [0.717, 1.165) is 11.3 Å². The lowest BCUT2D eigenvalue weighted by Gasteiger charge is -2.11. The molecule has 2 aromatic heterocycles. The van der Waals surface area contributed by atoms with Crippen molar-refractivity contribution in [1.29, 1.82) is 0 Å². The highest BCUT2D eigenvalue weighted by Gasteiger charge is 2.13. The first-order valence-electron chi connectivity index (χ1n) is 7.86. The Morgan fingerprint density at radius 3 is 2.72 bits per heavy atom. The van der Waals surface area contributed by atoms with Crippen LogP contribution in [-0.4, -0.2) is 41.6 Å². The minimum Gasteiger partial charge on any atom is -0.310 e. The van der Waals surface area contributed by atoms with Crippen molar-refractivity contribution in [2.24, 2.45) is 0 Å². The number of rotatable bonds is 6. The van der Waals surface area contributed by atoms with Crippen molar-refractivity contribution in [2.45, 2.75) is 32.0 Å². The third-order valence-electron chi connectivity index (χ3n) is 3.48. The van der Waals surface area contributed by atoms with E-state index in [4.69, 9.17) is 0 Å². The molecule has 3 rings (SSSR count). The zero-order chi connectivity index (χ0) is 17.8. The number of hydrogen-bond donors (Lipinski definition) is 1. The van der Waals surface area contributed by atoms with E-state index < -0.39 is 0 Å². The second-order valence-corrected chi connectivity index (χ2v) is 6.74. The Morgan fingerprint density at radius 2 is 2.00 bits per heavy atom. The van der Waals surface area contributed by atoms with Crippen LogP contribution in [0.1, 0.15) is 25.5 Å². The van der Waals surface area contributed by atoms with Crippen molar-refractivity contribution in [2.75, 3.05) is 11.1 Å². The van der Waals surface area contributed by atoms with Crippen molar-refractivity contribution in [3.63, 3.8) is 0 Å². The maximum atomic E-state index is 12.2. The predicted molar refractivity (Wildman–Crippen MR) is 95.9 cm³/mol. The number of benzene rings is 1. The Hall–Kier alpha value is -2.68. The fourth-order valence-electron chi connectivity index (χ4n) is 2.25. The molecule has 2 heterocycles. The molecule has 0 saturated carbocycles. The van der Waals surface area contributed by atoms with Crippen LogP contribution in [0.3, 0.4) is 0 Å². The van der Waals surface area contributed by atoms with Gasteiger partial charge in [-0.1, -0.05) is 29.5 Å². The zero-order valence-electron chi connectivity index (χ0n) is 14.2. The fraction of sp³-hybridized carbons (Fsp3) is 0.312. The standard InChI is InChI=1S/C16H19N7OS/c1-11(2)22-14(8-9-17-22)18-15(24)10-25-16-19-20-21-23(16)13-6-4-12(3)5-7-13/h4-9,11H,10H2,1-3H3,(H,18,24). The van der Waals surface area contributed by atoms with E-state index in [1.54, 1.807) is 21.6 Å². The zero-order valence-corrected chi connectivity index (χ0v) is 15.1. The number of tetrazole rings is 1. The van der Waals surface area contributed by atoms with Gasteiger partial charge in [-0.05, 0) is 43.3 Å². The summed E-state index contributed by atoms with van der Waals surface area (Å²) in [7, 11) is 0. The Morgan fingerprint density at radius 1 is 1.24 bits per heavy atom. The van der Waals surface area contributed by atoms with Crippen LogP contribution in [0.15, 0.2) is 41.7 Å². The normalized spacial score (nSPS) is 11.0. The molecule has 1 amide bonds. The average molecular weight is 357 g/mol. The Bertz CT molecular complexity index is 854. The summed E-state index contributed by atoms with van der Waals surface area (Å²) < 4.78 is 3.38. The number of nitrogens with zero attached hydrogens (tertiary/aromatic N) is 6. The quantitative estimate of drug-likeness (QED) is 0.682. The summed E-state index contributed by atoms with van der Waals surface area (Å²) in [5, 5.41) is 19.3. The number of amides is 1. The van der Waals surface area contributed by atoms with E-state index in [-0.39, 0.29) is 17.7 Å². The summed E-state index contributed by atoms with van der Waals surface area (Å²) in [5.74, 6) is 0.750. The molecule has 0 aliphatic rings. The number of thioether (sulfide) groups is 1. The molecule has 0 radical (unpaired) electrons. The van der Waals surface area contributed by atoms with Gasteiger partial charge in [0, 0.05) is 12.1 Å². The van der Waals surface area contributed by atoms with Gasteiger partial charge < -0.3 is 5.32 Å². The lowest BCUT2D eigenvalue weighted by atomic mass is 10.2. The summed E-state index contributed by atoms with van der Waals surface area (Å²) in [6, 6.07) is 9.82. The summed E-state index contributed by atoms with van der Waals surface area (Å²) in [6.07, 6.45) is 1.67. The first-order chi connectivity index (χ1) is 12.0. The van der Waals surface area contributed by atoms with E-state index in [1.807, 2.05) is 45.0 Å². The second-order valence-electron chi connectivity index (χ2n) is 5.80. The maximum Gasteiger partial charge on any atom is 0.235 e. The van der Waals surface area contributed by atoms with Crippen molar-refractivity contribution in [3.05, 3.63) is 42.1 Å². The maximum absolute atomic E-state index is 12.2. The molecule has 8 nitrogen and oxygen atoms in total. The van der Waals surface area contributed by atoms with E-state index in [9.17, 15) is 4.79 Å². The molecule has 3 aromatic rings. The molecule has 1 N–H and O–H groups in total. The molecule has 25 heavy (non-hydrogen) atoms. The summed E-state index contributed by atoms with van der Waals surface area (Å²) in [5.41, 5.74) is 2.02. The molecule has 0 atom stereocenters. The number of anilines is 1. The van der Waals surface area contributed by atoms with Gasteiger partial charge in [0.05, 0.1) is 17.6 Å². The minimum absolute atomic E-state index is 0.133. The van der Waals surface area contributed by atoms with Gasteiger partial charge in [-0.25, -0.2) is 4.68 Å². The molecular formula is C16H19N7OS. The highest BCUT2D eigenvalue weighted by molar-refractivity contribution is 7.99. The van der Waals surface area contributed by atoms with Crippen LogP contribution in [0, 0.1) is 6.92 Å². The van der Waals surface area contributed by atoms with Gasteiger partial charge >= 0.3 is 0 Å². The third kappa shape index (κ3) is 4.05. The molecular weight excluding hydrogens is 338 g/mol. The van der Waals surface area contributed by atoms with Crippen molar-refractivity contribution in [3.8, 4) is 5.69 Å². The van der Waals surface area contributed by atoms with Gasteiger partial charge in [0.15, 0.2) is 0 Å². The lowest BCUT2D eigenvalue weighted by Crippen LogP contribution is -2.18. The van der Waals surface area contributed by atoms with Crippen LogP contribution in [0.4, 0.5) is 5.82 Å². The number of nitrogens with one attached hydrogen (secondary N) is 1. The van der Waals surface area contributed by atoms with E-state index in [1.165, 1.54) is 11.8 Å². The van der Waals surface area contributed by atoms with Crippen LogP contribution in [0.5, 0.6) is 0 Å². The molecule has 0 saturated heterocycles. The van der Waals surface area contributed by atoms with Crippen LogP contribution in [-0.2, 0) is 4.79 Å². The first kappa shape index (κ1) is 17.2. The fourth-order valence-corrected chi connectivity index (χ4v) is 2.94. The number of aromatic nitrogens is 6. The SMILES string of the molecule is Cc1ccc(-n2nnnc2SCC(=O)Nc2ccnn2C(C)C)cc1. The van der Waals surface area contributed by atoms with Gasteiger partial charge in [-0.15, -0.1) is 5.10 Å². The van der Waals surface area contributed by atoms with Gasteiger partial charge in [0.2, 0.25) is 11.1 Å². The molecule has 0 bridgehead atoms. The summed E-state index contributed by atoms with van der Waals surface area (Å²) in [4.78, 5) is 12.2. The van der Waals surface area contributed by atoms with Crippen LogP contribution in [0.2, 0.25) is 0 Å². The smallest absolute Gasteiger partial charge is 0.235 e.